The smallest absolute Gasteiger partial charge is 0.228 e. The summed E-state index contributed by atoms with van der Waals surface area (Å²) in [4.78, 5) is 6.36. The molecule has 7 nitrogen and oxygen atoms in total. The van der Waals surface area contributed by atoms with Crippen LogP contribution in [0.25, 0.3) is 0 Å². The highest BCUT2D eigenvalue weighted by Gasteiger charge is 2.24. The van der Waals surface area contributed by atoms with Crippen molar-refractivity contribution in [1.82, 2.24) is 19.6 Å². The molecule has 150 valence electrons. The molecule has 0 unspecified atom stereocenters. The maximum atomic E-state index is 13.0. The SMILES string of the molecule is CC(C)Cn1c(CN(C)Cc2ccon2)cnc1S(=O)(=O)Cc1ccccc1. The summed E-state index contributed by atoms with van der Waals surface area (Å²) < 4.78 is 32.8. The molecule has 0 atom stereocenters. The average molecular weight is 403 g/mol. The Morgan fingerprint density at radius 2 is 1.89 bits per heavy atom. The van der Waals surface area contributed by atoms with Crippen molar-refractivity contribution >= 4 is 9.84 Å². The molecule has 0 spiro atoms. The van der Waals surface area contributed by atoms with Gasteiger partial charge in [-0.05, 0) is 18.5 Å². The molecule has 3 aromatic rings. The van der Waals surface area contributed by atoms with Gasteiger partial charge < -0.3 is 9.09 Å². The first kappa shape index (κ1) is 20.3. The Morgan fingerprint density at radius 3 is 2.54 bits per heavy atom. The molecule has 8 heteroatoms. The molecule has 3 rings (SSSR count). The van der Waals surface area contributed by atoms with Crippen LogP contribution in [0, 0.1) is 5.92 Å². The maximum Gasteiger partial charge on any atom is 0.228 e. The fourth-order valence-corrected chi connectivity index (χ4v) is 4.61. The maximum absolute atomic E-state index is 13.0. The third kappa shape index (κ3) is 5.08. The second kappa shape index (κ2) is 8.70. The molecule has 1 aromatic carbocycles. The molecule has 0 saturated carbocycles. The van der Waals surface area contributed by atoms with E-state index in [0.717, 1.165) is 17.0 Å². The lowest BCUT2D eigenvalue weighted by molar-refractivity contribution is 0.292. The van der Waals surface area contributed by atoms with Gasteiger partial charge >= 0.3 is 0 Å². The van der Waals surface area contributed by atoms with E-state index in [0.29, 0.717) is 25.6 Å². The van der Waals surface area contributed by atoms with Crippen LogP contribution in [0.5, 0.6) is 0 Å². The minimum atomic E-state index is -3.55. The zero-order valence-corrected chi connectivity index (χ0v) is 17.3. The van der Waals surface area contributed by atoms with Crippen molar-refractivity contribution in [3.63, 3.8) is 0 Å². The Bertz CT molecular complexity index is 980. The van der Waals surface area contributed by atoms with Gasteiger partial charge in [0.2, 0.25) is 15.0 Å². The Balaban J connectivity index is 1.85. The molecule has 0 aliphatic rings. The molecular weight excluding hydrogens is 376 g/mol. The van der Waals surface area contributed by atoms with Crippen LogP contribution in [-0.4, -0.2) is 35.1 Å². The van der Waals surface area contributed by atoms with Crippen LogP contribution in [0.15, 0.2) is 58.5 Å². The topological polar surface area (TPSA) is 81.2 Å². The van der Waals surface area contributed by atoms with Crippen LogP contribution in [0.2, 0.25) is 0 Å². The molecule has 0 radical (unpaired) electrons. The Labute approximate surface area is 165 Å². The van der Waals surface area contributed by atoms with Crippen molar-refractivity contribution in [3.05, 3.63) is 65.8 Å². The number of sulfone groups is 1. The molecule has 28 heavy (non-hydrogen) atoms. The standard InChI is InChI=1S/C20H26N4O3S/c1-16(2)12-24-19(14-23(3)13-18-9-10-27-22-18)11-21-20(24)28(25,26)15-17-7-5-4-6-8-17/h4-11,16H,12-15H2,1-3H3. The lowest BCUT2D eigenvalue weighted by Crippen LogP contribution is -2.22. The number of benzene rings is 1. The monoisotopic (exact) mass is 402 g/mol. The number of hydrogen-bond acceptors (Lipinski definition) is 6. The molecule has 0 amide bonds. The minimum absolute atomic E-state index is 0.0584. The van der Waals surface area contributed by atoms with E-state index in [-0.39, 0.29) is 10.9 Å². The van der Waals surface area contributed by atoms with Crippen LogP contribution in [0.4, 0.5) is 0 Å². The van der Waals surface area contributed by atoms with E-state index in [1.165, 1.54) is 0 Å². The molecule has 0 aliphatic carbocycles. The van der Waals surface area contributed by atoms with Crippen LogP contribution in [-0.2, 0) is 35.2 Å². The van der Waals surface area contributed by atoms with Gasteiger partial charge in [0, 0.05) is 25.7 Å². The van der Waals surface area contributed by atoms with Crippen LogP contribution < -0.4 is 0 Å². The van der Waals surface area contributed by atoms with Crippen molar-refractivity contribution in [3.8, 4) is 0 Å². The minimum Gasteiger partial charge on any atom is -0.364 e. The average Bonchev–Trinajstić information content (AvgIpc) is 3.26. The zero-order valence-electron chi connectivity index (χ0n) is 16.4. The van der Waals surface area contributed by atoms with E-state index in [9.17, 15) is 8.42 Å². The van der Waals surface area contributed by atoms with Gasteiger partial charge in [-0.2, -0.15) is 0 Å². The Morgan fingerprint density at radius 1 is 1.14 bits per heavy atom. The lowest BCUT2D eigenvalue weighted by atomic mass is 10.2. The number of imidazole rings is 1. The van der Waals surface area contributed by atoms with Crippen LogP contribution in [0.1, 0.15) is 30.8 Å². The van der Waals surface area contributed by atoms with E-state index in [1.54, 1.807) is 12.5 Å². The summed E-state index contributed by atoms with van der Waals surface area (Å²) in [6.45, 7) is 5.90. The normalized spacial score (nSPS) is 12.2. The van der Waals surface area contributed by atoms with Gasteiger partial charge in [0.25, 0.3) is 0 Å². The zero-order chi connectivity index (χ0) is 20.1. The summed E-state index contributed by atoms with van der Waals surface area (Å²) in [6.07, 6.45) is 3.21. The highest BCUT2D eigenvalue weighted by atomic mass is 32.2. The van der Waals surface area contributed by atoms with Crippen molar-refractivity contribution in [2.24, 2.45) is 5.92 Å². The van der Waals surface area contributed by atoms with Gasteiger partial charge in [0.05, 0.1) is 23.3 Å². The highest BCUT2D eigenvalue weighted by molar-refractivity contribution is 7.90. The molecule has 0 bridgehead atoms. The highest BCUT2D eigenvalue weighted by Crippen LogP contribution is 2.20. The quantitative estimate of drug-likeness (QED) is 0.547. The summed E-state index contributed by atoms with van der Waals surface area (Å²) in [5.74, 6) is 0.233. The largest absolute Gasteiger partial charge is 0.364 e. The lowest BCUT2D eigenvalue weighted by Gasteiger charge is -2.19. The molecule has 0 saturated heterocycles. The number of rotatable bonds is 9. The third-order valence-corrected chi connectivity index (χ3v) is 5.88. The van der Waals surface area contributed by atoms with E-state index in [2.05, 4.69) is 28.9 Å². The first-order valence-corrected chi connectivity index (χ1v) is 10.9. The number of aromatic nitrogens is 3. The summed E-state index contributed by atoms with van der Waals surface area (Å²) >= 11 is 0. The summed E-state index contributed by atoms with van der Waals surface area (Å²) in [5, 5.41) is 4.06. The van der Waals surface area contributed by atoms with Gasteiger partial charge in [0.1, 0.15) is 6.26 Å². The van der Waals surface area contributed by atoms with E-state index < -0.39 is 9.84 Å². The second-order valence-corrected chi connectivity index (χ2v) is 9.33. The number of nitrogens with zero attached hydrogens (tertiary/aromatic N) is 4. The second-order valence-electron chi connectivity index (χ2n) is 7.44. The van der Waals surface area contributed by atoms with Crippen molar-refractivity contribution in [2.75, 3.05) is 7.05 Å². The summed E-state index contributed by atoms with van der Waals surface area (Å²) in [6, 6.07) is 11.0. The predicted octanol–water partition coefficient (Wildman–Crippen LogP) is 3.13. The van der Waals surface area contributed by atoms with Crippen molar-refractivity contribution in [1.29, 1.82) is 0 Å². The molecule has 0 aliphatic heterocycles. The molecule has 2 heterocycles. The fraction of sp³-hybridized carbons (Fsp3) is 0.400. The summed E-state index contributed by atoms with van der Waals surface area (Å²) in [7, 11) is -1.59. The Kier molecular flexibility index (Phi) is 6.31. The van der Waals surface area contributed by atoms with Crippen molar-refractivity contribution in [2.45, 2.75) is 44.4 Å². The van der Waals surface area contributed by atoms with E-state index >= 15 is 0 Å². The molecule has 0 fully saturated rings. The van der Waals surface area contributed by atoms with Gasteiger partial charge in [-0.25, -0.2) is 13.4 Å². The van der Waals surface area contributed by atoms with Gasteiger partial charge in [-0.1, -0.05) is 49.3 Å². The van der Waals surface area contributed by atoms with Crippen molar-refractivity contribution < 1.29 is 12.9 Å². The molecule has 0 N–H and O–H groups in total. The number of hydrogen-bond donors (Lipinski definition) is 0. The van der Waals surface area contributed by atoms with Crippen LogP contribution in [0.3, 0.4) is 0 Å². The Hall–Kier alpha value is -2.45. The molecule has 2 aromatic heterocycles. The predicted molar refractivity (Wildman–Crippen MR) is 106 cm³/mol. The van der Waals surface area contributed by atoms with Gasteiger partial charge in [-0.15, -0.1) is 0 Å². The first-order chi connectivity index (χ1) is 13.3. The summed E-state index contributed by atoms with van der Waals surface area (Å²) in [5.41, 5.74) is 2.45. The van der Waals surface area contributed by atoms with E-state index in [1.807, 2.05) is 48.0 Å². The van der Waals surface area contributed by atoms with E-state index in [4.69, 9.17) is 4.52 Å². The third-order valence-electron chi connectivity index (χ3n) is 4.28. The molecular formula is C20H26N4O3S. The fourth-order valence-electron chi connectivity index (χ4n) is 3.11. The van der Waals surface area contributed by atoms with Crippen LogP contribution >= 0.6 is 0 Å². The van der Waals surface area contributed by atoms with Gasteiger partial charge in [-0.3, -0.25) is 4.90 Å². The first-order valence-electron chi connectivity index (χ1n) is 9.24. The van der Waals surface area contributed by atoms with Gasteiger partial charge in [0.15, 0.2) is 0 Å².